The minimum atomic E-state index is -0.451. The lowest BCUT2D eigenvalue weighted by atomic mass is 10.1. The number of piperidine rings is 1. The third-order valence-electron chi connectivity index (χ3n) is 2.99. The number of hydrogen-bond donors (Lipinski definition) is 2. The maximum absolute atomic E-state index is 12.0. The van der Waals surface area contributed by atoms with Crippen molar-refractivity contribution in [2.75, 3.05) is 13.1 Å². The summed E-state index contributed by atoms with van der Waals surface area (Å²) in [6.45, 7) is 3.45. The van der Waals surface area contributed by atoms with E-state index in [0.29, 0.717) is 9.75 Å². The van der Waals surface area contributed by atoms with Crippen molar-refractivity contribution in [3.05, 3.63) is 25.9 Å². The molecule has 1 aromatic rings. The van der Waals surface area contributed by atoms with E-state index in [1.807, 2.05) is 0 Å². The third-order valence-corrected chi connectivity index (χ3v) is 4.02. The average Bonchev–Trinajstić information content (AvgIpc) is 2.73. The molecule has 1 aromatic heterocycles. The largest absolute Gasteiger partial charge is 0.349 e. The molecule has 0 saturated carbocycles. The second kappa shape index (κ2) is 5.45. The topological polar surface area (TPSA) is 84.3 Å². The minimum Gasteiger partial charge on any atom is -0.349 e. The highest BCUT2D eigenvalue weighted by Gasteiger charge is 2.22. The first-order chi connectivity index (χ1) is 8.58. The smallest absolute Gasteiger partial charge is 0.283 e. The van der Waals surface area contributed by atoms with Crippen LogP contribution < -0.4 is 10.6 Å². The summed E-state index contributed by atoms with van der Waals surface area (Å²) in [6.07, 6.45) is 1.80. The number of rotatable bonds is 3. The molecule has 1 amide bonds. The second-order valence-corrected chi connectivity index (χ2v) is 5.56. The normalized spacial score (nSPS) is 16.5. The van der Waals surface area contributed by atoms with Crippen LogP contribution in [0.1, 0.15) is 27.4 Å². The minimum absolute atomic E-state index is 0.0236. The summed E-state index contributed by atoms with van der Waals surface area (Å²) >= 11 is 1.17. The average molecular weight is 269 g/mol. The molecule has 0 unspecified atom stereocenters. The fourth-order valence-electron chi connectivity index (χ4n) is 1.99. The maximum atomic E-state index is 12.0. The summed E-state index contributed by atoms with van der Waals surface area (Å²) in [7, 11) is 0. The SMILES string of the molecule is Cc1sc(C(=O)NC2CCNCC2)cc1[N+](=O)[O-]. The molecular formula is C11H15N3O3S. The van der Waals surface area contributed by atoms with Crippen LogP contribution in [0.4, 0.5) is 5.69 Å². The predicted octanol–water partition coefficient (Wildman–Crippen LogP) is 1.45. The van der Waals surface area contributed by atoms with Gasteiger partial charge in [-0.05, 0) is 32.9 Å². The van der Waals surface area contributed by atoms with E-state index < -0.39 is 4.92 Å². The molecular weight excluding hydrogens is 254 g/mol. The highest BCUT2D eigenvalue weighted by atomic mass is 32.1. The van der Waals surface area contributed by atoms with E-state index in [9.17, 15) is 14.9 Å². The lowest BCUT2D eigenvalue weighted by molar-refractivity contribution is -0.385. The lowest BCUT2D eigenvalue weighted by Gasteiger charge is -2.23. The van der Waals surface area contributed by atoms with E-state index in [1.54, 1.807) is 6.92 Å². The molecule has 1 aliphatic heterocycles. The van der Waals surface area contributed by atoms with Gasteiger partial charge in [0.25, 0.3) is 11.6 Å². The summed E-state index contributed by atoms with van der Waals surface area (Å²) in [5.74, 6) is -0.205. The zero-order chi connectivity index (χ0) is 13.1. The summed E-state index contributed by atoms with van der Waals surface area (Å²) in [4.78, 5) is 23.2. The summed E-state index contributed by atoms with van der Waals surface area (Å²) < 4.78 is 0. The van der Waals surface area contributed by atoms with Crippen molar-refractivity contribution in [2.45, 2.75) is 25.8 Å². The van der Waals surface area contributed by atoms with Crippen molar-refractivity contribution in [2.24, 2.45) is 0 Å². The quantitative estimate of drug-likeness (QED) is 0.642. The van der Waals surface area contributed by atoms with E-state index in [2.05, 4.69) is 10.6 Å². The lowest BCUT2D eigenvalue weighted by Crippen LogP contribution is -2.42. The van der Waals surface area contributed by atoms with Crippen LogP contribution in [-0.4, -0.2) is 30.0 Å². The first kappa shape index (κ1) is 13.0. The second-order valence-electron chi connectivity index (χ2n) is 4.31. The van der Waals surface area contributed by atoms with E-state index >= 15 is 0 Å². The van der Waals surface area contributed by atoms with Crippen molar-refractivity contribution in [1.29, 1.82) is 0 Å². The van der Waals surface area contributed by atoms with Crippen LogP contribution in [0.5, 0.6) is 0 Å². The first-order valence-corrected chi connectivity index (χ1v) is 6.66. The highest BCUT2D eigenvalue weighted by molar-refractivity contribution is 7.14. The van der Waals surface area contributed by atoms with Gasteiger partial charge in [-0.1, -0.05) is 0 Å². The van der Waals surface area contributed by atoms with Crippen LogP contribution >= 0.6 is 11.3 Å². The Morgan fingerprint density at radius 2 is 2.22 bits per heavy atom. The van der Waals surface area contributed by atoms with Crippen molar-refractivity contribution >= 4 is 22.9 Å². The Balaban J connectivity index is 2.04. The van der Waals surface area contributed by atoms with E-state index in [-0.39, 0.29) is 17.6 Å². The molecule has 98 valence electrons. The Kier molecular flexibility index (Phi) is 3.93. The van der Waals surface area contributed by atoms with Crippen LogP contribution in [0.3, 0.4) is 0 Å². The van der Waals surface area contributed by atoms with E-state index in [0.717, 1.165) is 25.9 Å². The fraction of sp³-hybridized carbons (Fsp3) is 0.545. The van der Waals surface area contributed by atoms with Gasteiger partial charge in [0.15, 0.2) is 0 Å². The van der Waals surface area contributed by atoms with Gasteiger partial charge in [0.05, 0.1) is 14.7 Å². The maximum Gasteiger partial charge on any atom is 0.283 e. The molecule has 2 rings (SSSR count). The standard InChI is InChI=1S/C11H15N3O3S/c1-7-9(14(16)17)6-10(18-7)11(15)13-8-2-4-12-5-3-8/h6,8,12H,2-5H2,1H3,(H,13,15). The van der Waals surface area contributed by atoms with Gasteiger partial charge in [-0.2, -0.15) is 0 Å². The monoisotopic (exact) mass is 269 g/mol. The summed E-state index contributed by atoms with van der Waals surface area (Å²) in [5.41, 5.74) is 0.0236. The highest BCUT2D eigenvalue weighted by Crippen LogP contribution is 2.28. The zero-order valence-corrected chi connectivity index (χ0v) is 10.9. The third kappa shape index (κ3) is 2.85. The van der Waals surface area contributed by atoms with E-state index in [4.69, 9.17) is 0 Å². The van der Waals surface area contributed by atoms with Gasteiger partial charge in [-0.25, -0.2) is 0 Å². The molecule has 0 aromatic carbocycles. The number of carbonyl (C=O) groups excluding carboxylic acids is 1. The zero-order valence-electron chi connectivity index (χ0n) is 10.1. The molecule has 0 bridgehead atoms. The van der Waals surface area contributed by atoms with Crippen LogP contribution in [0, 0.1) is 17.0 Å². The van der Waals surface area contributed by atoms with Gasteiger partial charge < -0.3 is 10.6 Å². The summed E-state index contributed by atoms with van der Waals surface area (Å²) in [5, 5.41) is 16.9. The molecule has 18 heavy (non-hydrogen) atoms. The molecule has 0 spiro atoms. The Hall–Kier alpha value is -1.47. The molecule has 0 radical (unpaired) electrons. The van der Waals surface area contributed by atoms with Crippen LogP contribution in [-0.2, 0) is 0 Å². The number of amides is 1. The molecule has 7 heteroatoms. The van der Waals surface area contributed by atoms with Crippen molar-refractivity contribution in [3.8, 4) is 0 Å². The van der Waals surface area contributed by atoms with Gasteiger partial charge in [0.2, 0.25) is 0 Å². The number of thiophene rings is 1. The van der Waals surface area contributed by atoms with Crippen LogP contribution in [0.25, 0.3) is 0 Å². The molecule has 2 heterocycles. The van der Waals surface area contributed by atoms with E-state index in [1.165, 1.54) is 17.4 Å². The Bertz CT molecular complexity index is 466. The van der Waals surface area contributed by atoms with Crippen molar-refractivity contribution in [1.82, 2.24) is 10.6 Å². The van der Waals surface area contributed by atoms with Crippen LogP contribution in [0.2, 0.25) is 0 Å². The number of nitrogens with one attached hydrogen (secondary N) is 2. The molecule has 2 N–H and O–H groups in total. The number of nitrogens with zero attached hydrogens (tertiary/aromatic N) is 1. The van der Waals surface area contributed by atoms with Gasteiger partial charge in [0, 0.05) is 12.1 Å². The van der Waals surface area contributed by atoms with Gasteiger partial charge >= 0.3 is 0 Å². The Morgan fingerprint density at radius 1 is 1.56 bits per heavy atom. The van der Waals surface area contributed by atoms with Crippen molar-refractivity contribution < 1.29 is 9.72 Å². The number of aryl methyl sites for hydroxylation is 1. The number of nitro groups is 1. The molecule has 0 aliphatic carbocycles. The fourth-order valence-corrected chi connectivity index (χ4v) is 2.88. The molecule has 0 atom stereocenters. The first-order valence-electron chi connectivity index (χ1n) is 5.84. The molecule has 1 aliphatic rings. The number of carbonyl (C=O) groups is 1. The van der Waals surface area contributed by atoms with Gasteiger partial charge in [-0.15, -0.1) is 11.3 Å². The predicted molar refractivity (Wildman–Crippen MR) is 69.1 cm³/mol. The van der Waals surface area contributed by atoms with Crippen LogP contribution in [0.15, 0.2) is 6.07 Å². The van der Waals surface area contributed by atoms with Crippen molar-refractivity contribution in [3.63, 3.8) is 0 Å². The van der Waals surface area contributed by atoms with Gasteiger partial charge in [0.1, 0.15) is 0 Å². The van der Waals surface area contributed by atoms with Gasteiger partial charge in [-0.3, -0.25) is 14.9 Å². The number of hydrogen-bond acceptors (Lipinski definition) is 5. The molecule has 1 saturated heterocycles. The molecule has 1 fully saturated rings. The Morgan fingerprint density at radius 3 is 2.78 bits per heavy atom. The molecule has 6 nitrogen and oxygen atoms in total. The Labute approximate surface area is 109 Å². The summed E-state index contributed by atoms with van der Waals surface area (Å²) in [6, 6.07) is 1.52.